The van der Waals surface area contributed by atoms with E-state index in [1.165, 1.54) is 63.0 Å². The van der Waals surface area contributed by atoms with Gasteiger partial charge in [0.2, 0.25) is 0 Å². The summed E-state index contributed by atoms with van der Waals surface area (Å²) in [6.45, 7) is 7.16. The van der Waals surface area contributed by atoms with Crippen LogP contribution in [0.15, 0.2) is 84.9 Å². The van der Waals surface area contributed by atoms with Crippen LogP contribution in [0.5, 0.6) is 11.5 Å². The zero-order valence-electron chi connectivity index (χ0n) is 25.3. The summed E-state index contributed by atoms with van der Waals surface area (Å²) in [5.74, 6) is 1.09. The monoisotopic (exact) mass is 573 g/mol. The number of aromatic hydroxyl groups is 1. The largest absolute Gasteiger partial charge is 0.508 e. The summed E-state index contributed by atoms with van der Waals surface area (Å²) in [5, 5.41) is 12.2. The van der Waals surface area contributed by atoms with Crippen molar-refractivity contribution in [3.8, 4) is 11.5 Å². The Morgan fingerprint density at radius 1 is 0.628 bits per heavy atom. The number of hydrogen-bond acceptors (Lipinski definition) is 5. The van der Waals surface area contributed by atoms with Gasteiger partial charge in [0.1, 0.15) is 11.5 Å². The number of fused-ring (bicyclic) bond motifs is 3. The maximum Gasteiger partial charge on any atom is 0.178 e. The molecule has 4 aromatic carbocycles. The lowest BCUT2D eigenvalue weighted by atomic mass is 9.83. The third kappa shape index (κ3) is 5.59. The summed E-state index contributed by atoms with van der Waals surface area (Å²) in [5.41, 5.74) is 5.06. The van der Waals surface area contributed by atoms with Gasteiger partial charge in [-0.2, -0.15) is 0 Å². The average molecular weight is 574 g/mol. The van der Waals surface area contributed by atoms with E-state index in [2.05, 4.69) is 94.6 Å². The molecular formula is C38H43N3O2. The number of likely N-dealkylation sites (tertiary alicyclic amines) is 1. The van der Waals surface area contributed by atoms with Crippen molar-refractivity contribution in [2.45, 2.75) is 44.1 Å². The SMILES string of the molecule is CN1CCCC1.Oc1ccc2ccc3c(c2c1)C=CC(c1ccc(N2CCCC2)cc1)(c1ccc(N2CCCC2)cc1)O3. The van der Waals surface area contributed by atoms with Gasteiger partial charge in [-0.25, -0.2) is 0 Å². The van der Waals surface area contributed by atoms with E-state index in [0.717, 1.165) is 59.4 Å². The molecule has 5 nitrogen and oxygen atoms in total. The molecule has 0 aromatic heterocycles. The van der Waals surface area contributed by atoms with Gasteiger partial charge in [-0.3, -0.25) is 0 Å². The van der Waals surface area contributed by atoms with Gasteiger partial charge < -0.3 is 24.5 Å². The van der Waals surface area contributed by atoms with Crippen LogP contribution in [0.1, 0.15) is 55.2 Å². The summed E-state index contributed by atoms with van der Waals surface area (Å²) in [4.78, 5) is 7.29. The normalized spacial score (nSPS) is 19.3. The van der Waals surface area contributed by atoms with Crippen molar-refractivity contribution in [3.05, 3.63) is 102 Å². The predicted octanol–water partition coefficient (Wildman–Crippen LogP) is 7.81. The Kier molecular flexibility index (Phi) is 7.75. The molecule has 3 fully saturated rings. The number of phenols is 1. The van der Waals surface area contributed by atoms with E-state index in [1.54, 1.807) is 6.07 Å². The molecule has 4 aromatic rings. The van der Waals surface area contributed by atoms with Crippen molar-refractivity contribution >= 4 is 28.2 Å². The van der Waals surface area contributed by atoms with Crippen LogP contribution < -0.4 is 14.5 Å². The van der Waals surface area contributed by atoms with Crippen molar-refractivity contribution in [2.24, 2.45) is 0 Å². The maximum atomic E-state index is 10.1. The summed E-state index contributed by atoms with van der Waals surface area (Å²) in [6.07, 6.45) is 12.2. The van der Waals surface area contributed by atoms with E-state index in [4.69, 9.17) is 4.74 Å². The fourth-order valence-corrected chi connectivity index (χ4v) is 7.12. The van der Waals surface area contributed by atoms with E-state index in [0.29, 0.717) is 0 Å². The van der Waals surface area contributed by atoms with Gasteiger partial charge in [-0.1, -0.05) is 36.4 Å². The van der Waals surface area contributed by atoms with Crippen molar-refractivity contribution in [1.29, 1.82) is 0 Å². The predicted molar refractivity (Wildman–Crippen MR) is 179 cm³/mol. The van der Waals surface area contributed by atoms with Crippen molar-refractivity contribution < 1.29 is 9.84 Å². The minimum atomic E-state index is -0.732. The van der Waals surface area contributed by atoms with Crippen LogP contribution in [-0.2, 0) is 5.60 Å². The topological polar surface area (TPSA) is 39.2 Å². The molecule has 1 N–H and O–H groups in total. The number of nitrogens with zero attached hydrogens (tertiary/aromatic N) is 3. The molecule has 0 amide bonds. The number of rotatable bonds is 4. The molecule has 4 aliphatic rings. The smallest absolute Gasteiger partial charge is 0.178 e. The van der Waals surface area contributed by atoms with Crippen molar-refractivity contribution in [3.63, 3.8) is 0 Å². The highest BCUT2D eigenvalue weighted by molar-refractivity contribution is 5.95. The molecule has 0 unspecified atom stereocenters. The molecule has 43 heavy (non-hydrogen) atoms. The average Bonchev–Trinajstić information content (AvgIpc) is 3.86. The highest BCUT2D eigenvalue weighted by Crippen LogP contribution is 2.45. The summed E-state index contributed by atoms with van der Waals surface area (Å²) in [7, 11) is 2.17. The molecule has 8 rings (SSSR count). The van der Waals surface area contributed by atoms with E-state index in [1.807, 2.05) is 12.1 Å². The molecule has 222 valence electrons. The molecule has 4 heterocycles. The summed E-state index contributed by atoms with van der Waals surface area (Å²) >= 11 is 0. The molecule has 4 aliphatic heterocycles. The Labute approximate surface area is 256 Å². The van der Waals surface area contributed by atoms with Gasteiger partial charge >= 0.3 is 0 Å². The second-order valence-electron chi connectivity index (χ2n) is 12.5. The van der Waals surface area contributed by atoms with Crippen molar-refractivity contribution in [2.75, 3.05) is 56.1 Å². The number of ether oxygens (including phenoxy) is 1. The highest BCUT2D eigenvalue weighted by atomic mass is 16.5. The highest BCUT2D eigenvalue weighted by Gasteiger charge is 2.37. The van der Waals surface area contributed by atoms with Crippen LogP contribution in [-0.4, -0.2) is 56.3 Å². The third-order valence-corrected chi connectivity index (χ3v) is 9.63. The van der Waals surface area contributed by atoms with Crippen LogP contribution in [0.2, 0.25) is 0 Å². The first-order chi connectivity index (χ1) is 21.1. The second-order valence-corrected chi connectivity index (χ2v) is 12.5. The number of benzene rings is 4. The molecule has 0 bridgehead atoms. The first-order valence-corrected chi connectivity index (χ1v) is 16.1. The third-order valence-electron chi connectivity index (χ3n) is 9.63. The van der Waals surface area contributed by atoms with Gasteiger partial charge in [-0.15, -0.1) is 0 Å². The molecule has 0 spiro atoms. The Bertz CT molecular complexity index is 1520. The lowest BCUT2D eigenvalue weighted by molar-refractivity contribution is 0.161. The van der Waals surface area contributed by atoms with Gasteiger partial charge in [0.25, 0.3) is 0 Å². The fourth-order valence-electron chi connectivity index (χ4n) is 7.12. The van der Waals surface area contributed by atoms with E-state index in [9.17, 15) is 5.11 Å². The van der Waals surface area contributed by atoms with Gasteiger partial charge in [0.05, 0.1) is 0 Å². The number of phenolic OH excluding ortho intramolecular Hbond substituents is 1. The Balaban J connectivity index is 0.000000449. The van der Waals surface area contributed by atoms with Crippen molar-refractivity contribution in [1.82, 2.24) is 4.90 Å². The van der Waals surface area contributed by atoms with E-state index < -0.39 is 5.60 Å². The maximum absolute atomic E-state index is 10.1. The Morgan fingerprint density at radius 3 is 1.65 bits per heavy atom. The van der Waals surface area contributed by atoms with Crippen LogP contribution in [0.25, 0.3) is 16.8 Å². The van der Waals surface area contributed by atoms with Gasteiger partial charge in [0.15, 0.2) is 5.60 Å². The molecule has 5 heteroatoms. The molecule has 0 atom stereocenters. The lowest BCUT2D eigenvalue weighted by Gasteiger charge is -2.37. The van der Waals surface area contributed by atoms with Crippen LogP contribution in [0, 0.1) is 0 Å². The molecule has 0 radical (unpaired) electrons. The number of anilines is 2. The first-order valence-electron chi connectivity index (χ1n) is 16.1. The van der Waals surface area contributed by atoms with Crippen LogP contribution in [0.4, 0.5) is 11.4 Å². The zero-order valence-corrected chi connectivity index (χ0v) is 25.3. The van der Waals surface area contributed by atoms with E-state index >= 15 is 0 Å². The van der Waals surface area contributed by atoms with Crippen LogP contribution in [0.3, 0.4) is 0 Å². The molecule has 3 saturated heterocycles. The first kappa shape index (κ1) is 27.8. The lowest BCUT2D eigenvalue weighted by Crippen LogP contribution is -2.34. The summed E-state index contributed by atoms with van der Waals surface area (Å²) < 4.78 is 6.97. The Hall–Kier alpha value is -3.96. The standard InChI is InChI=1S/C33H32N2O2.C5H11N/c36-29-15-5-24-6-16-32-30(31(24)23-29)17-18-33(37-32,25-7-11-27(12-8-25)34-19-1-2-20-34)26-9-13-28(14-10-26)35-21-3-4-22-35;1-6-4-2-3-5-6/h5-18,23,36H,1-4,19-22H2;2-5H2,1H3. The Morgan fingerprint density at radius 2 is 1.14 bits per heavy atom. The second kappa shape index (κ2) is 12.0. The minimum absolute atomic E-state index is 0.265. The van der Waals surface area contributed by atoms with Crippen LogP contribution >= 0.6 is 0 Å². The molecule has 0 aliphatic carbocycles. The quantitative estimate of drug-likeness (QED) is 0.270. The molecule has 0 saturated carbocycles. The summed E-state index contributed by atoms with van der Waals surface area (Å²) in [6, 6.07) is 27.5. The van der Waals surface area contributed by atoms with E-state index in [-0.39, 0.29) is 5.75 Å². The zero-order chi connectivity index (χ0) is 29.2. The fraction of sp³-hybridized carbons (Fsp3) is 0.368. The molecular weight excluding hydrogens is 530 g/mol. The van der Waals surface area contributed by atoms with Gasteiger partial charge in [-0.05, 0) is 124 Å². The number of hydrogen-bond donors (Lipinski definition) is 1. The minimum Gasteiger partial charge on any atom is -0.508 e. The van der Waals surface area contributed by atoms with Gasteiger partial charge in [0, 0.05) is 54.2 Å².